The van der Waals surface area contributed by atoms with Gasteiger partial charge < -0.3 is 14.2 Å². The van der Waals surface area contributed by atoms with Crippen LogP contribution in [0.15, 0.2) is 18.3 Å². The third-order valence-corrected chi connectivity index (χ3v) is 5.68. The highest BCUT2D eigenvalue weighted by molar-refractivity contribution is 5.78. The molecule has 2 aliphatic rings. The van der Waals surface area contributed by atoms with Crippen LogP contribution in [0.3, 0.4) is 0 Å². The quantitative estimate of drug-likeness (QED) is 0.761. The standard InChI is InChI=1S/C20H33N3O2/c1-21-10-5-9-19(21)17-23(20(24)18-7-3-2-4-8-18)12-6-11-22-13-15-25-16-14-22/h5,9-10,18H,2-4,6-8,11-17H2,1H3. The highest BCUT2D eigenvalue weighted by atomic mass is 16.5. The van der Waals surface area contributed by atoms with Crippen molar-refractivity contribution in [2.45, 2.75) is 45.1 Å². The number of rotatable bonds is 7. The summed E-state index contributed by atoms with van der Waals surface area (Å²) in [5.74, 6) is 0.625. The Labute approximate surface area is 151 Å². The second kappa shape index (κ2) is 9.39. The van der Waals surface area contributed by atoms with Crippen LogP contribution in [0.1, 0.15) is 44.2 Å². The molecule has 0 atom stereocenters. The van der Waals surface area contributed by atoms with Crippen LogP contribution in [0.2, 0.25) is 0 Å². The molecule has 0 aromatic carbocycles. The fourth-order valence-electron chi connectivity index (χ4n) is 4.04. The van der Waals surface area contributed by atoms with E-state index >= 15 is 0 Å². The molecule has 0 radical (unpaired) electrons. The summed E-state index contributed by atoms with van der Waals surface area (Å²) < 4.78 is 7.55. The van der Waals surface area contributed by atoms with Crippen molar-refractivity contribution in [2.75, 3.05) is 39.4 Å². The molecule has 1 aliphatic heterocycles. The molecule has 0 spiro atoms. The lowest BCUT2D eigenvalue weighted by Gasteiger charge is -2.31. The number of ether oxygens (including phenoxy) is 1. The monoisotopic (exact) mass is 347 g/mol. The minimum Gasteiger partial charge on any atom is -0.379 e. The minimum absolute atomic E-state index is 0.248. The molecule has 5 heteroatoms. The van der Waals surface area contributed by atoms with E-state index in [1.165, 1.54) is 25.0 Å². The largest absolute Gasteiger partial charge is 0.379 e. The second-order valence-corrected chi connectivity index (χ2v) is 7.51. The maximum absolute atomic E-state index is 13.1. The summed E-state index contributed by atoms with van der Waals surface area (Å²) in [5, 5.41) is 0. The van der Waals surface area contributed by atoms with E-state index in [0.717, 1.165) is 65.2 Å². The van der Waals surface area contributed by atoms with E-state index < -0.39 is 0 Å². The van der Waals surface area contributed by atoms with Gasteiger partial charge in [-0.15, -0.1) is 0 Å². The number of hydrogen-bond acceptors (Lipinski definition) is 3. The molecule has 1 amide bonds. The predicted molar refractivity (Wildman–Crippen MR) is 99.3 cm³/mol. The van der Waals surface area contributed by atoms with Crippen molar-refractivity contribution in [1.29, 1.82) is 0 Å². The molecule has 2 fully saturated rings. The van der Waals surface area contributed by atoms with Gasteiger partial charge in [-0.05, 0) is 31.4 Å². The van der Waals surface area contributed by atoms with Crippen molar-refractivity contribution in [3.05, 3.63) is 24.0 Å². The fraction of sp³-hybridized carbons (Fsp3) is 0.750. The number of amides is 1. The highest BCUT2D eigenvalue weighted by Gasteiger charge is 2.26. The van der Waals surface area contributed by atoms with Gasteiger partial charge in [-0.25, -0.2) is 0 Å². The highest BCUT2D eigenvalue weighted by Crippen LogP contribution is 2.26. The molecule has 2 heterocycles. The normalized spacial score (nSPS) is 19.9. The molecule has 0 unspecified atom stereocenters. The molecular weight excluding hydrogens is 314 g/mol. The van der Waals surface area contributed by atoms with Crippen LogP contribution in [0.25, 0.3) is 0 Å². The predicted octanol–water partition coefficient (Wildman–Crippen LogP) is 2.66. The summed E-state index contributed by atoms with van der Waals surface area (Å²) in [6, 6.07) is 4.19. The van der Waals surface area contributed by atoms with E-state index in [1.807, 2.05) is 0 Å². The van der Waals surface area contributed by atoms with Gasteiger partial charge >= 0.3 is 0 Å². The van der Waals surface area contributed by atoms with Crippen LogP contribution in [-0.4, -0.2) is 59.7 Å². The van der Waals surface area contributed by atoms with Gasteiger partial charge in [-0.2, -0.15) is 0 Å². The Balaban J connectivity index is 1.56. The molecule has 0 bridgehead atoms. The average molecular weight is 348 g/mol. The molecule has 3 rings (SSSR count). The van der Waals surface area contributed by atoms with Crippen LogP contribution in [-0.2, 0) is 23.1 Å². The molecule has 1 aromatic heterocycles. The van der Waals surface area contributed by atoms with Gasteiger partial charge in [-0.1, -0.05) is 19.3 Å². The SMILES string of the molecule is Cn1cccc1CN(CCCN1CCOCC1)C(=O)C1CCCCC1. The summed E-state index contributed by atoms with van der Waals surface area (Å²) >= 11 is 0. The number of nitrogens with zero attached hydrogens (tertiary/aromatic N) is 3. The van der Waals surface area contributed by atoms with Crippen molar-refractivity contribution in [3.8, 4) is 0 Å². The summed E-state index contributed by atoms with van der Waals surface area (Å²) in [7, 11) is 2.06. The van der Waals surface area contributed by atoms with Crippen LogP contribution >= 0.6 is 0 Å². The fourth-order valence-corrected chi connectivity index (χ4v) is 4.04. The number of aromatic nitrogens is 1. The zero-order chi connectivity index (χ0) is 17.5. The summed E-state index contributed by atoms with van der Waals surface area (Å²) in [5.41, 5.74) is 1.22. The van der Waals surface area contributed by atoms with E-state index in [-0.39, 0.29) is 5.92 Å². The van der Waals surface area contributed by atoms with Crippen LogP contribution < -0.4 is 0 Å². The number of carbonyl (C=O) groups is 1. The Hall–Kier alpha value is -1.33. The van der Waals surface area contributed by atoms with E-state index in [1.54, 1.807) is 0 Å². The summed E-state index contributed by atoms with van der Waals surface area (Å²) in [4.78, 5) is 17.7. The Morgan fingerprint density at radius 2 is 2.00 bits per heavy atom. The van der Waals surface area contributed by atoms with E-state index in [4.69, 9.17) is 4.74 Å². The van der Waals surface area contributed by atoms with Crippen molar-refractivity contribution >= 4 is 5.91 Å². The Bertz CT molecular complexity index is 531. The number of morpholine rings is 1. The van der Waals surface area contributed by atoms with Crippen LogP contribution in [0.5, 0.6) is 0 Å². The molecule has 25 heavy (non-hydrogen) atoms. The maximum Gasteiger partial charge on any atom is 0.226 e. The third kappa shape index (κ3) is 5.32. The first-order valence-electron chi connectivity index (χ1n) is 9.93. The lowest BCUT2D eigenvalue weighted by Crippen LogP contribution is -2.41. The molecule has 1 aliphatic carbocycles. The van der Waals surface area contributed by atoms with Crippen molar-refractivity contribution in [1.82, 2.24) is 14.4 Å². The van der Waals surface area contributed by atoms with Crippen molar-refractivity contribution in [2.24, 2.45) is 13.0 Å². The van der Waals surface area contributed by atoms with Crippen LogP contribution in [0, 0.1) is 5.92 Å². The van der Waals surface area contributed by atoms with Gasteiger partial charge in [0.15, 0.2) is 0 Å². The maximum atomic E-state index is 13.1. The van der Waals surface area contributed by atoms with E-state index in [0.29, 0.717) is 5.91 Å². The molecule has 1 saturated heterocycles. The van der Waals surface area contributed by atoms with Gasteiger partial charge in [0.05, 0.1) is 19.8 Å². The molecular formula is C20H33N3O2. The topological polar surface area (TPSA) is 37.7 Å². The second-order valence-electron chi connectivity index (χ2n) is 7.51. The van der Waals surface area contributed by atoms with Gasteiger partial charge in [0.25, 0.3) is 0 Å². The van der Waals surface area contributed by atoms with Crippen molar-refractivity contribution in [3.63, 3.8) is 0 Å². The van der Waals surface area contributed by atoms with Gasteiger partial charge in [0.2, 0.25) is 5.91 Å². The molecule has 1 saturated carbocycles. The zero-order valence-electron chi connectivity index (χ0n) is 15.7. The van der Waals surface area contributed by atoms with Crippen LogP contribution in [0.4, 0.5) is 0 Å². The minimum atomic E-state index is 0.248. The molecule has 5 nitrogen and oxygen atoms in total. The first-order valence-corrected chi connectivity index (χ1v) is 9.93. The lowest BCUT2D eigenvalue weighted by atomic mass is 9.88. The summed E-state index contributed by atoms with van der Waals surface area (Å²) in [6.45, 7) is 6.38. The lowest BCUT2D eigenvalue weighted by molar-refractivity contribution is -0.137. The number of carbonyl (C=O) groups excluding carboxylic acids is 1. The Kier molecular flexibility index (Phi) is 6.93. The Morgan fingerprint density at radius 1 is 1.24 bits per heavy atom. The molecule has 140 valence electrons. The zero-order valence-corrected chi connectivity index (χ0v) is 15.7. The number of aryl methyl sites for hydroxylation is 1. The van der Waals surface area contributed by atoms with Crippen molar-refractivity contribution < 1.29 is 9.53 Å². The van der Waals surface area contributed by atoms with Gasteiger partial charge in [0, 0.05) is 51.0 Å². The first kappa shape index (κ1) is 18.5. The summed E-state index contributed by atoms with van der Waals surface area (Å²) in [6.07, 6.45) is 8.97. The first-order chi connectivity index (χ1) is 12.2. The smallest absolute Gasteiger partial charge is 0.226 e. The average Bonchev–Trinajstić information content (AvgIpc) is 3.06. The third-order valence-electron chi connectivity index (χ3n) is 5.68. The number of hydrogen-bond donors (Lipinski definition) is 0. The molecule has 1 aromatic rings. The van der Waals surface area contributed by atoms with Gasteiger partial charge in [-0.3, -0.25) is 9.69 Å². The van der Waals surface area contributed by atoms with Gasteiger partial charge in [0.1, 0.15) is 0 Å². The molecule has 0 N–H and O–H groups in total. The Morgan fingerprint density at radius 3 is 2.68 bits per heavy atom. The van der Waals surface area contributed by atoms with E-state index in [2.05, 4.69) is 39.7 Å². The van der Waals surface area contributed by atoms with E-state index in [9.17, 15) is 4.79 Å².